The zero-order valence-corrected chi connectivity index (χ0v) is 18.3. The van der Waals surface area contributed by atoms with Crippen LogP contribution in [0.15, 0.2) is 24.9 Å². The molecule has 0 bridgehead atoms. The summed E-state index contributed by atoms with van der Waals surface area (Å²) >= 11 is 0. The molecule has 0 saturated heterocycles. The highest BCUT2D eigenvalue weighted by molar-refractivity contribution is 5.98. The molecule has 4 aromatic heterocycles. The number of anilines is 3. The maximum Gasteiger partial charge on any atom is 0.360 e. The van der Waals surface area contributed by atoms with Crippen LogP contribution in [0.3, 0.4) is 0 Å². The Bertz CT molecular complexity index is 1330. The number of aryl methyl sites for hydroxylation is 2. The largest absolute Gasteiger partial charge is 0.464 e. The molecule has 0 aliphatic carbocycles. The second-order valence-electron chi connectivity index (χ2n) is 7.14. The van der Waals surface area contributed by atoms with E-state index in [0.717, 1.165) is 10.2 Å². The number of nitrogens with one attached hydrogen (secondary N) is 2. The first-order chi connectivity index (χ1) is 15.8. The number of nitrogens with zero attached hydrogens (tertiary/aromatic N) is 7. The number of rotatable bonds is 7. The Morgan fingerprint density at radius 2 is 2.03 bits per heavy atom. The Balaban J connectivity index is 1.84. The van der Waals surface area contributed by atoms with Crippen LogP contribution in [-0.4, -0.2) is 60.8 Å². The molecule has 0 aromatic carbocycles. The van der Waals surface area contributed by atoms with Gasteiger partial charge in [-0.25, -0.2) is 28.5 Å². The van der Waals surface area contributed by atoms with Gasteiger partial charge in [-0.1, -0.05) is 0 Å². The topological polar surface area (TPSA) is 125 Å². The van der Waals surface area contributed by atoms with Gasteiger partial charge < -0.3 is 19.9 Å². The number of hydrogen-bond acceptors (Lipinski definition) is 9. The van der Waals surface area contributed by atoms with Gasteiger partial charge in [-0.15, -0.1) is 0 Å². The van der Waals surface area contributed by atoms with Crippen molar-refractivity contribution >= 4 is 34.3 Å². The van der Waals surface area contributed by atoms with E-state index in [1.165, 1.54) is 13.3 Å². The summed E-state index contributed by atoms with van der Waals surface area (Å²) in [6.45, 7) is 1.09. The van der Waals surface area contributed by atoms with E-state index in [0.29, 0.717) is 34.0 Å². The van der Waals surface area contributed by atoms with E-state index < -0.39 is 18.9 Å². The lowest BCUT2D eigenvalue weighted by atomic mass is 10.1. The number of pyridine rings is 1. The van der Waals surface area contributed by atoms with Gasteiger partial charge in [-0.3, -0.25) is 9.67 Å². The fourth-order valence-corrected chi connectivity index (χ4v) is 3.34. The number of fused-ring (bicyclic) bond motifs is 1. The summed E-state index contributed by atoms with van der Waals surface area (Å²) < 4.78 is 33.3. The van der Waals surface area contributed by atoms with E-state index in [4.69, 9.17) is 4.74 Å². The maximum absolute atomic E-state index is 12.7. The molecule has 13 heteroatoms. The maximum atomic E-state index is 12.7. The van der Waals surface area contributed by atoms with Crippen molar-refractivity contribution in [1.29, 1.82) is 0 Å². The molecule has 4 rings (SSSR count). The van der Waals surface area contributed by atoms with Crippen LogP contribution in [0, 0.1) is 6.92 Å². The lowest BCUT2D eigenvalue weighted by molar-refractivity contribution is 0.0595. The van der Waals surface area contributed by atoms with Crippen LogP contribution in [0.4, 0.5) is 26.1 Å². The number of hydrogen-bond donors (Lipinski definition) is 2. The Labute approximate surface area is 186 Å². The Morgan fingerprint density at radius 1 is 1.24 bits per heavy atom. The quantitative estimate of drug-likeness (QED) is 0.403. The average Bonchev–Trinajstić information content (AvgIpc) is 3.34. The number of alkyl halides is 2. The minimum absolute atomic E-state index is 0.0794. The Kier molecular flexibility index (Phi) is 5.85. The minimum atomic E-state index is -2.55. The number of imidazole rings is 1. The summed E-state index contributed by atoms with van der Waals surface area (Å²) in [5.74, 6) is -0.300. The number of carbonyl (C=O) groups is 1. The zero-order valence-electron chi connectivity index (χ0n) is 18.3. The van der Waals surface area contributed by atoms with Gasteiger partial charge in [0.2, 0.25) is 0 Å². The highest BCUT2D eigenvalue weighted by Crippen LogP contribution is 2.33. The van der Waals surface area contributed by atoms with Crippen LogP contribution in [0.25, 0.3) is 22.3 Å². The number of carbonyl (C=O) groups excluding carboxylic acids is 1. The number of ether oxygens (including phenoxy) is 1. The van der Waals surface area contributed by atoms with Gasteiger partial charge in [0.1, 0.15) is 17.8 Å². The first-order valence-corrected chi connectivity index (χ1v) is 9.85. The van der Waals surface area contributed by atoms with Crippen molar-refractivity contribution in [3.8, 4) is 11.3 Å². The lowest BCUT2D eigenvalue weighted by Gasteiger charge is -2.14. The summed E-state index contributed by atoms with van der Waals surface area (Å²) in [5, 5.41) is 10.0. The van der Waals surface area contributed by atoms with Crippen molar-refractivity contribution in [2.24, 2.45) is 7.05 Å². The summed E-state index contributed by atoms with van der Waals surface area (Å²) in [4.78, 5) is 30.3. The SMILES string of the molecule is CNc1nc(Nc2cn(CC(F)F)nc2C)c(C(=O)OC)nc1-c1cncc2c1ncn2C. The minimum Gasteiger partial charge on any atom is -0.464 e. The number of aromatic nitrogens is 7. The predicted octanol–water partition coefficient (Wildman–Crippen LogP) is 2.77. The molecule has 4 heterocycles. The normalized spacial score (nSPS) is 11.2. The van der Waals surface area contributed by atoms with Crippen molar-refractivity contribution in [3.63, 3.8) is 0 Å². The molecule has 0 saturated carbocycles. The van der Waals surface area contributed by atoms with Crippen molar-refractivity contribution < 1.29 is 18.3 Å². The van der Waals surface area contributed by atoms with E-state index in [-0.39, 0.29) is 11.5 Å². The number of methoxy groups -OCH3 is 1. The van der Waals surface area contributed by atoms with Crippen LogP contribution in [-0.2, 0) is 18.3 Å². The molecule has 0 aliphatic rings. The van der Waals surface area contributed by atoms with E-state index in [1.807, 2.05) is 11.6 Å². The summed E-state index contributed by atoms with van der Waals surface area (Å²) in [6.07, 6.45) is 3.78. The second kappa shape index (κ2) is 8.76. The smallest absolute Gasteiger partial charge is 0.360 e. The third kappa shape index (κ3) is 4.16. The van der Waals surface area contributed by atoms with Crippen LogP contribution in [0.5, 0.6) is 0 Å². The molecule has 33 heavy (non-hydrogen) atoms. The third-order valence-electron chi connectivity index (χ3n) is 4.93. The van der Waals surface area contributed by atoms with Gasteiger partial charge in [0.25, 0.3) is 6.43 Å². The molecule has 4 aromatic rings. The zero-order chi connectivity index (χ0) is 23.7. The summed E-state index contributed by atoms with van der Waals surface area (Å²) in [5.41, 5.74) is 3.09. The number of halogens is 2. The van der Waals surface area contributed by atoms with Crippen LogP contribution >= 0.6 is 0 Å². The van der Waals surface area contributed by atoms with Crippen LogP contribution in [0.2, 0.25) is 0 Å². The fraction of sp³-hybridized carbons (Fsp3) is 0.300. The van der Waals surface area contributed by atoms with Gasteiger partial charge in [-0.05, 0) is 6.92 Å². The third-order valence-corrected chi connectivity index (χ3v) is 4.93. The van der Waals surface area contributed by atoms with Crippen LogP contribution < -0.4 is 10.6 Å². The molecule has 0 atom stereocenters. The molecule has 0 spiro atoms. The van der Waals surface area contributed by atoms with E-state index in [2.05, 4.69) is 35.7 Å². The highest BCUT2D eigenvalue weighted by atomic mass is 19.3. The fourth-order valence-electron chi connectivity index (χ4n) is 3.34. The van der Waals surface area contributed by atoms with Gasteiger partial charge in [0.05, 0.1) is 42.1 Å². The van der Waals surface area contributed by atoms with E-state index >= 15 is 0 Å². The number of esters is 1. The molecule has 0 amide bonds. The van der Waals surface area contributed by atoms with E-state index in [9.17, 15) is 13.6 Å². The molecule has 172 valence electrons. The molecular formula is C20H21F2N9O2. The Hall–Kier alpha value is -4.16. The molecule has 0 aliphatic heterocycles. The molecule has 0 radical (unpaired) electrons. The van der Waals surface area contributed by atoms with Crippen molar-refractivity contribution in [2.75, 3.05) is 24.8 Å². The van der Waals surface area contributed by atoms with Crippen molar-refractivity contribution in [2.45, 2.75) is 19.9 Å². The lowest BCUT2D eigenvalue weighted by Crippen LogP contribution is -2.13. The van der Waals surface area contributed by atoms with Crippen LogP contribution in [0.1, 0.15) is 16.2 Å². The molecule has 0 fully saturated rings. The molecule has 0 unspecified atom stereocenters. The second-order valence-corrected chi connectivity index (χ2v) is 7.14. The first kappa shape index (κ1) is 22.0. The molecule has 2 N–H and O–H groups in total. The van der Waals surface area contributed by atoms with E-state index in [1.54, 1.807) is 32.7 Å². The van der Waals surface area contributed by atoms with Gasteiger partial charge in [0, 0.05) is 26.5 Å². The summed E-state index contributed by atoms with van der Waals surface area (Å²) in [6, 6.07) is 0. The van der Waals surface area contributed by atoms with Gasteiger partial charge >= 0.3 is 5.97 Å². The Morgan fingerprint density at radius 3 is 2.73 bits per heavy atom. The predicted molar refractivity (Wildman–Crippen MR) is 117 cm³/mol. The highest BCUT2D eigenvalue weighted by Gasteiger charge is 2.24. The standard InChI is InChI=1S/C20H21F2N9O2/c1-10-12(7-31(29-10)8-14(21)22)26-19-17(20(32)33-4)27-16(18(23-2)28-19)11-5-24-6-13-15(11)25-9-30(13)3/h5-7,9,14H,8H2,1-4H3,(H2,23,26,28). The average molecular weight is 457 g/mol. The monoisotopic (exact) mass is 457 g/mol. The van der Waals surface area contributed by atoms with Crippen molar-refractivity contribution in [1.82, 2.24) is 34.3 Å². The summed E-state index contributed by atoms with van der Waals surface area (Å²) in [7, 11) is 4.73. The molecular weight excluding hydrogens is 436 g/mol. The van der Waals surface area contributed by atoms with Gasteiger partial charge in [0.15, 0.2) is 17.3 Å². The molecule has 11 nitrogen and oxygen atoms in total. The van der Waals surface area contributed by atoms with Gasteiger partial charge in [-0.2, -0.15) is 5.10 Å². The first-order valence-electron chi connectivity index (χ1n) is 9.85. The van der Waals surface area contributed by atoms with Crippen molar-refractivity contribution in [3.05, 3.63) is 36.3 Å².